The van der Waals surface area contributed by atoms with Gasteiger partial charge in [0, 0.05) is 10.9 Å². The van der Waals surface area contributed by atoms with Gasteiger partial charge in [-0.05, 0) is 17.7 Å². The van der Waals surface area contributed by atoms with E-state index in [0.717, 1.165) is 10.0 Å². The maximum atomic E-state index is 10.5. The number of hydrogen-bond acceptors (Lipinski definition) is 3. The number of halogens is 1. The first-order chi connectivity index (χ1) is 6.63. The predicted octanol–water partition coefficient (Wildman–Crippen LogP) is 1.91. The lowest BCUT2D eigenvalue weighted by Crippen LogP contribution is -2.15. The fourth-order valence-corrected chi connectivity index (χ4v) is 1.21. The molecule has 2 N–H and O–H groups in total. The van der Waals surface area contributed by atoms with Crippen LogP contribution in [0, 0.1) is 0 Å². The average Bonchev–Trinajstić information content (AvgIpc) is 2.16. The molecule has 74 valence electrons. The molecule has 5 heteroatoms. The van der Waals surface area contributed by atoms with E-state index >= 15 is 0 Å². The molecule has 0 bridgehead atoms. The lowest BCUT2D eigenvalue weighted by molar-refractivity contribution is -0.129. The van der Waals surface area contributed by atoms with Crippen LogP contribution in [0.3, 0.4) is 0 Å². The molecular formula is C9H8BrNO3. The van der Waals surface area contributed by atoms with E-state index in [2.05, 4.69) is 21.1 Å². The number of carboxylic acid groups (broad SMARTS) is 1. The molecule has 1 aromatic carbocycles. The summed E-state index contributed by atoms with van der Waals surface area (Å²) in [5, 5.41) is 19.7. The maximum absolute atomic E-state index is 10.5. The second-order valence-corrected chi connectivity index (χ2v) is 3.57. The van der Waals surface area contributed by atoms with Crippen LogP contribution in [0.2, 0.25) is 0 Å². The zero-order chi connectivity index (χ0) is 10.6. The van der Waals surface area contributed by atoms with Gasteiger partial charge in [0.2, 0.25) is 0 Å². The Balaban J connectivity index is 2.78. The molecule has 0 heterocycles. The molecule has 0 unspecified atom stereocenters. The van der Waals surface area contributed by atoms with Crippen molar-refractivity contribution < 1.29 is 15.1 Å². The van der Waals surface area contributed by atoms with Crippen LogP contribution >= 0.6 is 15.9 Å². The number of carbonyl (C=O) groups is 1. The second kappa shape index (κ2) is 4.76. The Hall–Kier alpha value is -1.36. The van der Waals surface area contributed by atoms with E-state index in [4.69, 9.17) is 10.3 Å². The van der Waals surface area contributed by atoms with Crippen molar-refractivity contribution in [3.8, 4) is 0 Å². The molecule has 14 heavy (non-hydrogen) atoms. The molecule has 0 atom stereocenters. The quantitative estimate of drug-likeness (QED) is 0.494. The first-order valence-electron chi connectivity index (χ1n) is 3.82. The van der Waals surface area contributed by atoms with Gasteiger partial charge >= 0.3 is 5.97 Å². The summed E-state index contributed by atoms with van der Waals surface area (Å²) >= 11 is 3.26. The molecule has 0 saturated carbocycles. The van der Waals surface area contributed by atoms with E-state index < -0.39 is 5.97 Å². The van der Waals surface area contributed by atoms with Gasteiger partial charge < -0.3 is 10.3 Å². The van der Waals surface area contributed by atoms with E-state index in [0.29, 0.717) is 0 Å². The summed E-state index contributed by atoms with van der Waals surface area (Å²) in [6, 6.07) is 7.12. The molecule has 0 aliphatic rings. The van der Waals surface area contributed by atoms with E-state index in [1.807, 2.05) is 0 Å². The molecule has 0 aromatic heterocycles. The Kier molecular flexibility index (Phi) is 3.64. The summed E-state index contributed by atoms with van der Waals surface area (Å²) in [7, 11) is 0. The van der Waals surface area contributed by atoms with Crippen LogP contribution in [0.1, 0.15) is 5.56 Å². The fraction of sp³-hybridized carbons (Fsp3) is 0.111. The molecule has 4 nitrogen and oxygen atoms in total. The standard InChI is InChI=1S/C9H8BrNO3/c10-7-3-1-6(2-4-7)5-8(11-14)9(12)13/h1-4,14H,5H2,(H,12,13)/b11-8-. The van der Waals surface area contributed by atoms with Crippen LogP contribution in [0.5, 0.6) is 0 Å². The lowest BCUT2D eigenvalue weighted by Gasteiger charge is -1.99. The fourth-order valence-electron chi connectivity index (χ4n) is 0.949. The third-order valence-electron chi connectivity index (χ3n) is 1.65. The molecule has 0 radical (unpaired) electrons. The molecule has 0 aliphatic heterocycles. The number of carboxylic acids is 1. The van der Waals surface area contributed by atoms with E-state index in [1.54, 1.807) is 24.3 Å². The topological polar surface area (TPSA) is 69.9 Å². The summed E-state index contributed by atoms with van der Waals surface area (Å²) in [5.74, 6) is -1.21. The Morgan fingerprint density at radius 3 is 2.36 bits per heavy atom. The molecule has 0 fully saturated rings. The normalized spacial score (nSPS) is 11.4. The first-order valence-corrected chi connectivity index (χ1v) is 4.61. The summed E-state index contributed by atoms with van der Waals surface area (Å²) in [6.07, 6.45) is 0.110. The zero-order valence-corrected chi connectivity index (χ0v) is 8.73. The van der Waals surface area contributed by atoms with Gasteiger partial charge in [0.05, 0.1) is 0 Å². The molecule has 0 spiro atoms. The highest BCUT2D eigenvalue weighted by molar-refractivity contribution is 9.10. The third-order valence-corrected chi connectivity index (χ3v) is 2.18. The Morgan fingerprint density at radius 2 is 1.93 bits per heavy atom. The van der Waals surface area contributed by atoms with Gasteiger partial charge in [-0.1, -0.05) is 33.2 Å². The van der Waals surface area contributed by atoms with Crippen molar-refractivity contribution in [3.05, 3.63) is 34.3 Å². The highest BCUT2D eigenvalue weighted by Crippen LogP contribution is 2.11. The van der Waals surface area contributed by atoms with Gasteiger partial charge in [0.1, 0.15) is 0 Å². The van der Waals surface area contributed by atoms with Gasteiger partial charge in [-0.3, -0.25) is 0 Å². The summed E-state index contributed by atoms with van der Waals surface area (Å²) in [5.41, 5.74) is 0.510. The number of rotatable bonds is 3. The molecule has 0 aliphatic carbocycles. The minimum atomic E-state index is -1.21. The molecule has 0 saturated heterocycles. The van der Waals surface area contributed by atoms with E-state index in [1.165, 1.54) is 0 Å². The van der Waals surface area contributed by atoms with E-state index in [9.17, 15) is 4.79 Å². The minimum absolute atomic E-state index is 0.110. The van der Waals surface area contributed by atoms with Crippen LogP contribution in [0.15, 0.2) is 33.9 Å². The van der Waals surface area contributed by atoms with Crippen molar-refractivity contribution >= 4 is 27.6 Å². The third kappa shape index (κ3) is 2.85. The Bertz CT molecular complexity index is 359. The number of hydrogen-bond donors (Lipinski definition) is 2. The summed E-state index contributed by atoms with van der Waals surface area (Å²) in [6.45, 7) is 0. The largest absolute Gasteiger partial charge is 0.477 e. The van der Waals surface area contributed by atoms with Gasteiger partial charge in [-0.15, -0.1) is 0 Å². The van der Waals surface area contributed by atoms with Crippen molar-refractivity contribution in [2.24, 2.45) is 5.16 Å². The van der Waals surface area contributed by atoms with Crippen molar-refractivity contribution in [2.45, 2.75) is 6.42 Å². The first kappa shape index (κ1) is 10.7. The summed E-state index contributed by atoms with van der Waals surface area (Å²) in [4.78, 5) is 10.5. The highest BCUT2D eigenvalue weighted by atomic mass is 79.9. The van der Waals surface area contributed by atoms with Crippen LogP contribution in [0.4, 0.5) is 0 Å². The van der Waals surface area contributed by atoms with Crippen LogP contribution < -0.4 is 0 Å². The van der Waals surface area contributed by atoms with Crippen LogP contribution in [-0.2, 0) is 11.2 Å². The number of oxime groups is 1. The SMILES string of the molecule is O=C(O)/C(Cc1ccc(Br)cc1)=N\O. The van der Waals surface area contributed by atoms with Gasteiger partial charge in [-0.2, -0.15) is 0 Å². The van der Waals surface area contributed by atoms with Gasteiger partial charge in [0.15, 0.2) is 5.71 Å². The summed E-state index contributed by atoms with van der Waals surface area (Å²) < 4.78 is 0.916. The number of nitrogens with zero attached hydrogens (tertiary/aromatic N) is 1. The van der Waals surface area contributed by atoms with Crippen molar-refractivity contribution in [1.29, 1.82) is 0 Å². The smallest absolute Gasteiger partial charge is 0.354 e. The molecule has 1 rings (SSSR count). The lowest BCUT2D eigenvalue weighted by atomic mass is 10.1. The van der Waals surface area contributed by atoms with Crippen LogP contribution in [-0.4, -0.2) is 22.0 Å². The van der Waals surface area contributed by atoms with Crippen molar-refractivity contribution in [2.75, 3.05) is 0 Å². The van der Waals surface area contributed by atoms with Crippen molar-refractivity contribution in [3.63, 3.8) is 0 Å². The van der Waals surface area contributed by atoms with Gasteiger partial charge in [-0.25, -0.2) is 4.79 Å². The predicted molar refractivity (Wildman–Crippen MR) is 54.7 cm³/mol. The Labute approximate surface area is 89.0 Å². The van der Waals surface area contributed by atoms with Gasteiger partial charge in [0.25, 0.3) is 0 Å². The van der Waals surface area contributed by atoms with Crippen molar-refractivity contribution in [1.82, 2.24) is 0 Å². The monoisotopic (exact) mass is 257 g/mol. The number of benzene rings is 1. The Morgan fingerprint density at radius 1 is 1.36 bits per heavy atom. The molecule has 1 aromatic rings. The molecular weight excluding hydrogens is 250 g/mol. The zero-order valence-electron chi connectivity index (χ0n) is 7.14. The second-order valence-electron chi connectivity index (χ2n) is 2.66. The minimum Gasteiger partial charge on any atom is -0.477 e. The van der Waals surface area contributed by atoms with E-state index in [-0.39, 0.29) is 12.1 Å². The maximum Gasteiger partial charge on any atom is 0.354 e. The molecule has 0 amide bonds. The number of aliphatic carboxylic acids is 1. The average molecular weight is 258 g/mol. The highest BCUT2D eigenvalue weighted by Gasteiger charge is 2.10. The van der Waals surface area contributed by atoms with Crippen LogP contribution in [0.25, 0.3) is 0 Å².